The van der Waals surface area contributed by atoms with Crippen molar-refractivity contribution in [1.82, 2.24) is 9.88 Å². The van der Waals surface area contributed by atoms with Gasteiger partial charge in [0.05, 0.1) is 11.2 Å². The fraction of sp³-hybridized carbons (Fsp3) is 0.471. The van der Waals surface area contributed by atoms with Crippen LogP contribution >= 0.6 is 0 Å². The van der Waals surface area contributed by atoms with E-state index in [1.807, 2.05) is 18.3 Å². The van der Waals surface area contributed by atoms with Crippen LogP contribution in [0.1, 0.15) is 12.8 Å². The molecule has 21 heavy (non-hydrogen) atoms. The van der Waals surface area contributed by atoms with E-state index in [9.17, 15) is 0 Å². The molecule has 0 spiro atoms. The molecule has 0 bridgehead atoms. The molecule has 1 aromatic carbocycles. The first-order chi connectivity index (χ1) is 10.1. The minimum absolute atomic E-state index is 0.761. The van der Waals surface area contributed by atoms with Crippen molar-refractivity contribution in [2.24, 2.45) is 5.92 Å². The Morgan fingerprint density at radius 1 is 1.24 bits per heavy atom. The Bertz CT molecular complexity index is 615. The maximum atomic E-state index is 6.04. The van der Waals surface area contributed by atoms with Crippen molar-refractivity contribution in [3.05, 3.63) is 30.5 Å². The second kappa shape index (κ2) is 5.90. The highest BCUT2D eigenvalue weighted by Gasteiger charge is 2.21. The van der Waals surface area contributed by atoms with E-state index in [-0.39, 0.29) is 0 Å². The van der Waals surface area contributed by atoms with Gasteiger partial charge in [0.1, 0.15) is 0 Å². The first kappa shape index (κ1) is 14.1. The Morgan fingerprint density at radius 2 is 2.00 bits per heavy atom. The molecule has 0 unspecified atom stereocenters. The Kier molecular flexibility index (Phi) is 3.97. The number of piperidine rings is 1. The summed E-state index contributed by atoms with van der Waals surface area (Å²) in [5, 5.41) is 1.17. The van der Waals surface area contributed by atoms with E-state index in [2.05, 4.69) is 41.0 Å². The first-order valence-corrected chi connectivity index (χ1v) is 7.68. The van der Waals surface area contributed by atoms with Crippen LogP contribution in [0.15, 0.2) is 30.5 Å². The van der Waals surface area contributed by atoms with Gasteiger partial charge < -0.3 is 15.5 Å². The molecule has 2 aromatic rings. The Morgan fingerprint density at radius 3 is 2.71 bits per heavy atom. The van der Waals surface area contributed by atoms with Crippen LogP contribution in [-0.2, 0) is 0 Å². The van der Waals surface area contributed by atoms with Gasteiger partial charge in [0, 0.05) is 36.9 Å². The van der Waals surface area contributed by atoms with Gasteiger partial charge in [-0.1, -0.05) is 0 Å². The number of nitrogens with two attached hydrogens (primary N) is 1. The number of nitrogens with zero attached hydrogens (tertiary/aromatic N) is 3. The molecule has 1 aliphatic rings. The highest BCUT2D eigenvalue weighted by atomic mass is 15.1. The fourth-order valence-corrected chi connectivity index (χ4v) is 3.33. The van der Waals surface area contributed by atoms with Gasteiger partial charge in [-0.25, -0.2) is 0 Å². The summed E-state index contributed by atoms with van der Waals surface area (Å²) in [7, 11) is 4.32. The van der Waals surface area contributed by atoms with Crippen molar-refractivity contribution in [3.63, 3.8) is 0 Å². The largest absolute Gasteiger partial charge is 0.397 e. The second-order valence-corrected chi connectivity index (χ2v) is 6.27. The van der Waals surface area contributed by atoms with Gasteiger partial charge in [-0.3, -0.25) is 4.98 Å². The summed E-state index contributed by atoms with van der Waals surface area (Å²) < 4.78 is 0. The minimum Gasteiger partial charge on any atom is -0.397 e. The van der Waals surface area contributed by atoms with Crippen LogP contribution in [0.5, 0.6) is 0 Å². The van der Waals surface area contributed by atoms with Crippen LogP contribution in [0.3, 0.4) is 0 Å². The molecule has 3 rings (SSSR count). The van der Waals surface area contributed by atoms with E-state index in [0.29, 0.717) is 0 Å². The zero-order valence-electron chi connectivity index (χ0n) is 12.9. The summed E-state index contributed by atoms with van der Waals surface area (Å²) in [6.07, 6.45) is 4.32. The molecule has 112 valence electrons. The number of hydrogen-bond acceptors (Lipinski definition) is 4. The highest BCUT2D eigenvalue weighted by molar-refractivity contribution is 5.98. The molecule has 0 radical (unpaired) electrons. The zero-order valence-corrected chi connectivity index (χ0v) is 12.9. The first-order valence-electron chi connectivity index (χ1n) is 7.68. The summed E-state index contributed by atoms with van der Waals surface area (Å²) in [5.74, 6) is 0.814. The van der Waals surface area contributed by atoms with Crippen LogP contribution in [0.4, 0.5) is 11.4 Å². The Labute approximate surface area is 126 Å². The lowest BCUT2D eigenvalue weighted by atomic mass is 9.95. The molecule has 2 N–H and O–H groups in total. The van der Waals surface area contributed by atoms with Crippen LogP contribution in [0.25, 0.3) is 10.9 Å². The predicted octanol–water partition coefficient (Wildman–Crippen LogP) is 2.60. The van der Waals surface area contributed by atoms with E-state index in [1.165, 1.54) is 30.5 Å². The Balaban J connectivity index is 1.81. The quantitative estimate of drug-likeness (QED) is 0.880. The highest BCUT2D eigenvalue weighted by Crippen LogP contribution is 2.32. The van der Waals surface area contributed by atoms with Crippen LogP contribution in [0, 0.1) is 5.92 Å². The van der Waals surface area contributed by atoms with Crippen molar-refractivity contribution in [2.45, 2.75) is 12.8 Å². The van der Waals surface area contributed by atoms with Crippen molar-refractivity contribution in [2.75, 3.05) is 44.4 Å². The van der Waals surface area contributed by atoms with Gasteiger partial charge in [-0.15, -0.1) is 0 Å². The number of hydrogen-bond donors (Lipinski definition) is 1. The molecule has 4 nitrogen and oxygen atoms in total. The smallest absolute Gasteiger partial charge is 0.0951 e. The number of benzene rings is 1. The summed E-state index contributed by atoms with van der Waals surface area (Å²) in [6.45, 7) is 3.43. The third-order valence-corrected chi connectivity index (χ3v) is 4.36. The van der Waals surface area contributed by atoms with Crippen molar-refractivity contribution >= 4 is 22.3 Å². The molecule has 1 fully saturated rings. The van der Waals surface area contributed by atoms with Gasteiger partial charge in [0.2, 0.25) is 0 Å². The number of rotatable bonds is 3. The summed E-state index contributed by atoms with van der Waals surface area (Å²) in [5.41, 5.74) is 9.00. The standard InChI is InChI=1S/C17H24N4/c1-20(2)12-13-7-10-21(11-8-13)16-6-5-15(18)17-14(16)4-3-9-19-17/h3-6,9,13H,7-8,10-12,18H2,1-2H3. The summed E-state index contributed by atoms with van der Waals surface area (Å²) >= 11 is 0. The van der Waals surface area contributed by atoms with Crippen LogP contribution in [-0.4, -0.2) is 43.6 Å². The molecule has 0 atom stereocenters. The molecule has 1 aromatic heterocycles. The molecule has 1 saturated heterocycles. The Hall–Kier alpha value is -1.81. The van der Waals surface area contributed by atoms with Gasteiger partial charge in [0.25, 0.3) is 0 Å². The summed E-state index contributed by atoms with van der Waals surface area (Å²) in [4.78, 5) is 9.21. The lowest BCUT2D eigenvalue weighted by Gasteiger charge is -2.35. The lowest BCUT2D eigenvalue weighted by molar-refractivity contribution is 0.285. The molecular weight excluding hydrogens is 260 g/mol. The lowest BCUT2D eigenvalue weighted by Crippen LogP contribution is -2.37. The van der Waals surface area contributed by atoms with Gasteiger partial charge in [-0.2, -0.15) is 0 Å². The maximum absolute atomic E-state index is 6.04. The monoisotopic (exact) mass is 284 g/mol. The van der Waals surface area contributed by atoms with Crippen molar-refractivity contribution in [1.29, 1.82) is 0 Å². The van der Waals surface area contributed by atoms with E-state index < -0.39 is 0 Å². The molecule has 0 saturated carbocycles. The second-order valence-electron chi connectivity index (χ2n) is 6.27. The van der Waals surface area contributed by atoms with Gasteiger partial charge >= 0.3 is 0 Å². The van der Waals surface area contributed by atoms with Crippen molar-refractivity contribution in [3.8, 4) is 0 Å². The molecular formula is C17H24N4. The summed E-state index contributed by atoms with van der Waals surface area (Å²) in [6, 6.07) is 8.24. The predicted molar refractivity (Wildman–Crippen MR) is 89.6 cm³/mol. The number of aromatic nitrogens is 1. The average molecular weight is 284 g/mol. The number of pyridine rings is 1. The van der Waals surface area contributed by atoms with Gasteiger partial charge in [-0.05, 0) is 57.1 Å². The third-order valence-electron chi connectivity index (χ3n) is 4.36. The van der Waals surface area contributed by atoms with Crippen LogP contribution < -0.4 is 10.6 Å². The SMILES string of the molecule is CN(C)CC1CCN(c2ccc(N)c3ncccc23)CC1. The van der Waals surface area contributed by atoms with E-state index in [1.54, 1.807) is 0 Å². The normalized spacial score (nSPS) is 16.8. The molecule has 2 heterocycles. The van der Waals surface area contributed by atoms with Crippen LogP contribution in [0.2, 0.25) is 0 Å². The molecule has 1 aliphatic heterocycles. The van der Waals surface area contributed by atoms with E-state index in [0.717, 1.165) is 30.2 Å². The molecule has 4 heteroatoms. The van der Waals surface area contributed by atoms with E-state index in [4.69, 9.17) is 5.73 Å². The van der Waals surface area contributed by atoms with Gasteiger partial charge in [0.15, 0.2) is 0 Å². The minimum atomic E-state index is 0.761. The van der Waals surface area contributed by atoms with E-state index >= 15 is 0 Å². The average Bonchev–Trinajstić information content (AvgIpc) is 2.48. The third kappa shape index (κ3) is 2.95. The topological polar surface area (TPSA) is 45.4 Å². The number of fused-ring (bicyclic) bond motifs is 1. The fourth-order valence-electron chi connectivity index (χ4n) is 3.33. The number of nitrogen functional groups attached to an aromatic ring is 1. The molecule has 0 amide bonds. The van der Waals surface area contributed by atoms with Crippen molar-refractivity contribution < 1.29 is 0 Å². The molecule has 0 aliphatic carbocycles. The zero-order chi connectivity index (χ0) is 14.8. The maximum Gasteiger partial charge on any atom is 0.0951 e. The number of anilines is 2.